The average molecular weight is 508 g/mol. The molecule has 9 nitrogen and oxygen atoms in total. The van der Waals surface area contributed by atoms with Gasteiger partial charge in [0.15, 0.2) is 17.1 Å². The molecule has 1 N–H and O–H groups in total. The number of pyridine rings is 1. The van der Waals surface area contributed by atoms with Gasteiger partial charge in [0, 0.05) is 30.2 Å². The van der Waals surface area contributed by atoms with Gasteiger partial charge in [-0.2, -0.15) is 0 Å². The first-order valence-electron chi connectivity index (χ1n) is 9.91. The Morgan fingerprint density at radius 2 is 1.88 bits per heavy atom. The molecule has 0 amide bonds. The van der Waals surface area contributed by atoms with Crippen molar-refractivity contribution in [1.82, 2.24) is 24.5 Å². The fourth-order valence-corrected chi connectivity index (χ4v) is 3.48. The normalized spacial score (nSPS) is 10.7. The summed E-state index contributed by atoms with van der Waals surface area (Å²) in [6, 6.07) is 14.7. The van der Waals surface area contributed by atoms with Crippen LogP contribution in [-0.2, 0) is 4.74 Å². The molecule has 4 heterocycles. The number of nitrogens with one attached hydrogen (secondary N) is 1. The van der Waals surface area contributed by atoms with Crippen LogP contribution in [0.5, 0.6) is 0 Å². The van der Waals surface area contributed by atoms with Gasteiger partial charge in [-0.05, 0) is 30.2 Å². The van der Waals surface area contributed by atoms with Crippen molar-refractivity contribution < 1.29 is 14.1 Å². The SMILES string of the molecule is Br.CCOC(=O)c1cc(-c2cn3c(=O)[nH]c(-c4ccccc4)c(-c4ccncc4)c3n2)on1. The van der Waals surface area contributed by atoms with E-state index in [1.807, 2.05) is 42.5 Å². The van der Waals surface area contributed by atoms with E-state index in [1.54, 1.807) is 25.5 Å². The molecule has 5 aromatic rings. The highest BCUT2D eigenvalue weighted by atomic mass is 79.9. The van der Waals surface area contributed by atoms with Crippen LogP contribution >= 0.6 is 17.0 Å². The average Bonchev–Trinajstić information content (AvgIpc) is 3.48. The van der Waals surface area contributed by atoms with Crippen molar-refractivity contribution in [2.75, 3.05) is 6.61 Å². The van der Waals surface area contributed by atoms with E-state index in [0.29, 0.717) is 17.0 Å². The Labute approximate surface area is 197 Å². The number of fused-ring (bicyclic) bond motifs is 1. The number of carbonyl (C=O) groups excluding carboxylic acids is 1. The lowest BCUT2D eigenvalue weighted by Gasteiger charge is -2.11. The maximum atomic E-state index is 12.9. The molecule has 0 saturated heterocycles. The fraction of sp³-hybridized carbons (Fsp3) is 0.0870. The van der Waals surface area contributed by atoms with Crippen LogP contribution in [0.3, 0.4) is 0 Å². The van der Waals surface area contributed by atoms with E-state index in [-0.39, 0.29) is 40.7 Å². The second-order valence-electron chi connectivity index (χ2n) is 6.90. The number of hydrogen-bond donors (Lipinski definition) is 1. The molecule has 0 aliphatic rings. The van der Waals surface area contributed by atoms with Gasteiger partial charge in [-0.15, -0.1) is 17.0 Å². The van der Waals surface area contributed by atoms with Gasteiger partial charge in [0.05, 0.1) is 12.3 Å². The molecule has 0 aliphatic heterocycles. The summed E-state index contributed by atoms with van der Waals surface area (Å²) in [7, 11) is 0. The third kappa shape index (κ3) is 4.08. The number of nitrogens with zero attached hydrogens (tertiary/aromatic N) is 4. The molecule has 5 rings (SSSR count). The minimum Gasteiger partial charge on any atom is -0.461 e. The number of hydrogen-bond acceptors (Lipinski definition) is 7. The molecule has 0 spiro atoms. The van der Waals surface area contributed by atoms with Crippen molar-refractivity contribution >= 4 is 28.6 Å². The Hall–Kier alpha value is -4.05. The zero-order valence-corrected chi connectivity index (χ0v) is 19.1. The third-order valence-corrected chi connectivity index (χ3v) is 4.91. The molecule has 4 aromatic heterocycles. The van der Waals surface area contributed by atoms with Crippen LogP contribution in [0, 0.1) is 0 Å². The molecule has 10 heteroatoms. The lowest BCUT2D eigenvalue weighted by molar-refractivity contribution is 0.0514. The first kappa shape index (κ1) is 22.2. The topological polar surface area (TPSA) is 115 Å². The number of imidazole rings is 1. The Morgan fingerprint density at radius 1 is 1.12 bits per heavy atom. The number of aromatic amines is 1. The molecular formula is C23H18BrN5O4. The van der Waals surface area contributed by atoms with E-state index in [0.717, 1.165) is 16.7 Å². The number of rotatable bonds is 5. The Bertz CT molecular complexity index is 1480. The number of carbonyl (C=O) groups is 1. The Balaban J connectivity index is 0.00000259. The van der Waals surface area contributed by atoms with Gasteiger partial charge >= 0.3 is 11.7 Å². The molecular weight excluding hydrogens is 490 g/mol. The van der Waals surface area contributed by atoms with Crippen molar-refractivity contribution in [2.24, 2.45) is 0 Å². The monoisotopic (exact) mass is 507 g/mol. The second-order valence-corrected chi connectivity index (χ2v) is 6.90. The van der Waals surface area contributed by atoms with Crippen LogP contribution in [0.1, 0.15) is 17.4 Å². The Morgan fingerprint density at radius 3 is 2.61 bits per heavy atom. The lowest BCUT2D eigenvalue weighted by atomic mass is 10.0. The second kappa shape index (κ2) is 9.21. The minimum absolute atomic E-state index is 0. The first-order valence-corrected chi connectivity index (χ1v) is 9.91. The molecule has 0 atom stereocenters. The molecule has 0 saturated carbocycles. The van der Waals surface area contributed by atoms with E-state index in [4.69, 9.17) is 9.26 Å². The van der Waals surface area contributed by atoms with Gasteiger partial charge in [-0.1, -0.05) is 35.5 Å². The van der Waals surface area contributed by atoms with E-state index >= 15 is 0 Å². The minimum atomic E-state index is -0.590. The summed E-state index contributed by atoms with van der Waals surface area (Å²) in [5.41, 5.74) is 3.51. The summed E-state index contributed by atoms with van der Waals surface area (Å²) in [6.07, 6.45) is 4.90. The summed E-state index contributed by atoms with van der Waals surface area (Å²) in [5.74, 6) is -0.342. The molecule has 1 aromatic carbocycles. The maximum absolute atomic E-state index is 12.9. The van der Waals surface area contributed by atoms with Crippen molar-refractivity contribution in [3.8, 4) is 33.8 Å². The van der Waals surface area contributed by atoms with Crippen LogP contribution in [-0.4, -0.2) is 37.1 Å². The Kier molecular flexibility index (Phi) is 6.18. The largest absolute Gasteiger partial charge is 0.461 e. The summed E-state index contributed by atoms with van der Waals surface area (Å²) in [6.45, 7) is 1.93. The molecule has 166 valence electrons. The number of halogens is 1. The molecule has 0 unspecified atom stereocenters. The van der Waals surface area contributed by atoms with Crippen molar-refractivity contribution in [3.63, 3.8) is 0 Å². The number of H-pyrrole nitrogens is 1. The molecule has 0 bridgehead atoms. The lowest BCUT2D eigenvalue weighted by Crippen LogP contribution is -2.17. The van der Waals surface area contributed by atoms with E-state index in [2.05, 4.69) is 20.1 Å². The standard InChI is InChI=1S/C23H17N5O4.BrH/c1-2-31-22(29)16-12-18(32-27-16)17-13-28-21(25-17)19(14-8-10-24-11-9-14)20(26-23(28)30)15-6-4-3-5-7-15;/h3-13H,2H2,1H3,(H,26,30);1H. The smallest absolute Gasteiger partial charge is 0.360 e. The van der Waals surface area contributed by atoms with Crippen molar-refractivity contribution in [3.05, 3.63) is 83.3 Å². The van der Waals surface area contributed by atoms with E-state index < -0.39 is 5.97 Å². The predicted octanol–water partition coefficient (Wildman–Crippen LogP) is 4.16. The van der Waals surface area contributed by atoms with Crippen LogP contribution in [0.2, 0.25) is 0 Å². The summed E-state index contributed by atoms with van der Waals surface area (Å²) >= 11 is 0. The van der Waals surface area contributed by atoms with Gasteiger partial charge in [-0.3, -0.25) is 9.38 Å². The maximum Gasteiger partial charge on any atom is 0.360 e. The van der Waals surface area contributed by atoms with Crippen LogP contribution in [0.25, 0.3) is 39.5 Å². The number of aromatic nitrogens is 5. The van der Waals surface area contributed by atoms with Crippen LogP contribution in [0.4, 0.5) is 0 Å². The van der Waals surface area contributed by atoms with E-state index in [9.17, 15) is 9.59 Å². The molecule has 33 heavy (non-hydrogen) atoms. The van der Waals surface area contributed by atoms with Crippen LogP contribution in [0.15, 0.2) is 76.4 Å². The van der Waals surface area contributed by atoms with Gasteiger partial charge in [0.2, 0.25) is 0 Å². The fourth-order valence-electron chi connectivity index (χ4n) is 3.48. The van der Waals surface area contributed by atoms with Gasteiger partial charge < -0.3 is 14.2 Å². The van der Waals surface area contributed by atoms with Crippen molar-refractivity contribution in [1.29, 1.82) is 0 Å². The summed E-state index contributed by atoms with van der Waals surface area (Å²) in [4.78, 5) is 36.6. The highest BCUT2D eigenvalue weighted by Crippen LogP contribution is 2.33. The summed E-state index contributed by atoms with van der Waals surface area (Å²) < 4.78 is 11.7. The number of benzene rings is 1. The molecule has 0 radical (unpaired) electrons. The van der Waals surface area contributed by atoms with Gasteiger partial charge in [0.1, 0.15) is 5.69 Å². The molecule has 0 aliphatic carbocycles. The van der Waals surface area contributed by atoms with E-state index in [1.165, 1.54) is 10.5 Å². The zero-order valence-electron chi connectivity index (χ0n) is 17.4. The predicted molar refractivity (Wildman–Crippen MR) is 126 cm³/mol. The van der Waals surface area contributed by atoms with Gasteiger partial charge in [0.25, 0.3) is 0 Å². The first-order chi connectivity index (χ1) is 15.7. The number of ether oxygens (including phenoxy) is 1. The van der Waals surface area contributed by atoms with Crippen molar-refractivity contribution in [2.45, 2.75) is 6.92 Å². The van der Waals surface area contributed by atoms with Crippen LogP contribution < -0.4 is 5.69 Å². The highest BCUT2D eigenvalue weighted by Gasteiger charge is 2.21. The zero-order chi connectivity index (χ0) is 22.1. The molecule has 0 fully saturated rings. The third-order valence-electron chi connectivity index (χ3n) is 4.91. The number of esters is 1. The quantitative estimate of drug-likeness (QED) is 0.355. The van der Waals surface area contributed by atoms with Gasteiger partial charge in [-0.25, -0.2) is 14.6 Å². The highest BCUT2D eigenvalue weighted by molar-refractivity contribution is 8.93. The summed E-state index contributed by atoms with van der Waals surface area (Å²) in [5, 5.41) is 3.76.